The van der Waals surface area contributed by atoms with E-state index >= 15 is 0 Å². The minimum atomic E-state index is -1.34. The minimum Gasteiger partial charge on any atom is -0.386 e. The number of β-amino-alcohol motifs (C(OH)–C–C–N with tert-alkyl or cyclic N) is 1. The molecule has 0 radical (unpaired) electrons. The van der Waals surface area contributed by atoms with E-state index in [9.17, 15) is 28.8 Å². The molecule has 0 atom stereocenters. The van der Waals surface area contributed by atoms with E-state index in [0.29, 0.717) is 18.6 Å². The van der Waals surface area contributed by atoms with Crippen LogP contribution in [0.4, 0.5) is 14.5 Å². The summed E-state index contributed by atoms with van der Waals surface area (Å²) in [5.41, 5.74) is -2.53. The van der Waals surface area contributed by atoms with Crippen LogP contribution in [0.1, 0.15) is 23.7 Å². The highest BCUT2D eigenvalue weighted by molar-refractivity contribution is 5.95. The van der Waals surface area contributed by atoms with Crippen LogP contribution in [-0.2, 0) is 0 Å². The molecule has 1 fully saturated rings. The number of amides is 1. The average Bonchev–Trinajstić information content (AvgIpc) is 2.33. The number of likely N-dealkylation sites (tertiary alicyclic amines) is 1. The molecule has 0 saturated carbocycles. The first-order valence-electron chi connectivity index (χ1n) is 5.92. The summed E-state index contributed by atoms with van der Waals surface area (Å²) in [4.78, 5) is 22.7. The van der Waals surface area contributed by atoms with Crippen molar-refractivity contribution in [3.63, 3.8) is 0 Å². The zero-order chi connectivity index (χ0) is 15.1. The fraction of sp³-hybridized carbons (Fsp3) is 0.417. The van der Waals surface area contributed by atoms with Crippen LogP contribution in [0.5, 0.6) is 0 Å². The lowest BCUT2D eigenvalue weighted by atomic mass is 9.90. The molecule has 1 aliphatic rings. The summed E-state index contributed by atoms with van der Waals surface area (Å²) < 4.78 is 26.7. The fourth-order valence-corrected chi connectivity index (χ4v) is 2.04. The molecule has 0 bridgehead atoms. The van der Waals surface area contributed by atoms with Gasteiger partial charge in [0.25, 0.3) is 5.91 Å². The van der Waals surface area contributed by atoms with Crippen LogP contribution in [0, 0.1) is 21.7 Å². The summed E-state index contributed by atoms with van der Waals surface area (Å²) in [6.45, 7) is 1.78. The Kier molecular flexibility index (Phi) is 3.43. The Morgan fingerprint density at radius 3 is 2.55 bits per heavy atom. The topological polar surface area (TPSA) is 83.7 Å². The van der Waals surface area contributed by atoms with Gasteiger partial charge in [-0.3, -0.25) is 14.9 Å². The van der Waals surface area contributed by atoms with Crippen molar-refractivity contribution in [2.75, 3.05) is 13.1 Å². The Morgan fingerprint density at radius 1 is 1.45 bits per heavy atom. The molecule has 1 aromatic carbocycles. The van der Waals surface area contributed by atoms with Crippen molar-refractivity contribution in [3.8, 4) is 0 Å². The predicted octanol–water partition coefficient (Wildman–Crippen LogP) is 1.47. The minimum absolute atomic E-state index is 0.0208. The first-order valence-corrected chi connectivity index (χ1v) is 5.92. The summed E-state index contributed by atoms with van der Waals surface area (Å²) in [6.07, 6.45) is 0.433. The van der Waals surface area contributed by atoms with Gasteiger partial charge >= 0.3 is 5.69 Å². The molecule has 1 aromatic rings. The monoisotopic (exact) mass is 286 g/mol. The van der Waals surface area contributed by atoms with Crippen molar-refractivity contribution in [1.29, 1.82) is 0 Å². The van der Waals surface area contributed by atoms with Crippen molar-refractivity contribution in [2.24, 2.45) is 0 Å². The molecule has 1 saturated heterocycles. The number of nitrogens with zero attached hydrogens (tertiary/aromatic N) is 2. The summed E-state index contributed by atoms with van der Waals surface area (Å²) >= 11 is 0. The normalized spacial score (nSPS) is 16.7. The zero-order valence-electron chi connectivity index (χ0n) is 10.6. The maximum Gasteiger partial charge on any atom is 0.305 e. The van der Waals surface area contributed by atoms with Gasteiger partial charge in [-0.2, -0.15) is 4.39 Å². The van der Waals surface area contributed by atoms with Crippen LogP contribution in [0.2, 0.25) is 0 Å². The third-order valence-electron chi connectivity index (χ3n) is 3.38. The molecule has 20 heavy (non-hydrogen) atoms. The average molecular weight is 286 g/mol. The van der Waals surface area contributed by atoms with E-state index in [0.717, 1.165) is 4.90 Å². The maximum atomic E-state index is 13.6. The Morgan fingerprint density at radius 2 is 2.05 bits per heavy atom. The third-order valence-corrected chi connectivity index (χ3v) is 3.38. The lowest BCUT2D eigenvalue weighted by Crippen LogP contribution is -2.63. The van der Waals surface area contributed by atoms with Gasteiger partial charge in [-0.1, -0.05) is 6.92 Å². The third kappa shape index (κ3) is 2.34. The van der Waals surface area contributed by atoms with Crippen molar-refractivity contribution < 1.29 is 23.6 Å². The largest absolute Gasteiger partial charge is 0.386 e. The van der Waals surface area contributed by atoms with E-state index in [1.165, 1.54) is 0 Å². The van der Waals surface area contributed by atoms with E-state index in [2.05, 4.69) is 0 Å². The van der Waals surface area contributed by atoms with Gasteiger partial charge in [-0.25, -0.2) is 4.39 Å². The molecule has 8 heteroatoms. The number of hydrogen-bond acceptors (Lipinski definition) is 4. The van der Waals surface area contributed by atoms with Crippen molar-refractivity contribution in [2.45, 2.75) is 18.9 Å². The highest BCUT2D eigenvalue weighted by Crippen LogP contribution is 2.28. The van der Waals surface area contributed by atoms with E-state index < -0.39 is 39.3 Å². The first-order chi connectivity index (χ1) is 9.27. The van der Waals surface area contributed by atoms with Crippen molar-refractivity contribution >= 4 is 11.6 Å². The fourth-order valence-electron chi connectivity index (χ4n) is 2.04. The van der Waals surface area contributed by atoms with Crippen LogP contribution < -0.4 is 0 Å². The maximum absolute atomic E-state index is 13.6. The molecule has 0 aromatic heterocycles. The summed E-state index contributed by atoms with van der Waals surface area (Å²) in [5, 5.41) is 20.4. The van der Waals surface area contributed by atoms with Gasteiger partial charge in [-0.05, 0) is 6.42 Å². The first kappa shape index (κ1) is 14.3. The number of carbonyl (C=O) groups excluding carboxylic acids is 1. The van der Waals surface area contributed by atoms with Crippen molar-refractivity contribution in [3.05, 3.63) is 39.4 Å². The molecule has 0 aliphatic carbocycles. The number of rotatable bonds is 3. The van der Waals surface area contributed by atoms with Crippen LogP contribution in [0.25, 0.3) is 0 Å². The number of benzene rings is 1. The zero-order valence-corrected chi connectivity index (χ0v) is 10.6. The van der Waals surface area contributed by atoms with Gasteiger partial charge in [0, 0.05) is 12.1 Å². The highest BCUT2D eigenvalue weighted by atomic mass is 19.1. The van der Waals surface area contributed by atoms with E-state index in [4.69, 9.17) is 0 Å². The van der Waals surface area contributed by atoms with Gasteiger partial charge in [0.05, 0.1) is 29.2 Å². The molecule has 1 heterocycles. The molecular formula is C12H12F2N2O4. The Bertz CT molecular complexity index is 585. The molecule has 108 valence electrons. The molecule has 0 spiro atoms. The summed E-state index contributed by atoms with van der Waals surface area (Å²) in [6, 6.07) is 0.896. The van der Waals surface area contributed by atoms with Crippen LogP contribution >= 0.6 is 0 Å². The lowest BCUT2D eigenvalue weighted by molar-refractivity contribution is -0.387. The number of hydrogen-bond donors (Lipinski definition) is 1. The quantitative estimate of drug-likeness (QED) is 0.673. The number of nitro benzene ring substituents is 1. The smallest absolute Gasteiger partial charge is 0.305 e. The van der Waals surface area contributed by atoms with E-state index in [1.807, 2.05) is 0 Å². The number of halogens is 2. The Labute approximate surface area is 112 Å². The van der Waals surface area contributed by atoms with E-state index in [1.54, 1.807) is 6.92 Å². The molecule has 2 rings (SSSR count). The van der Waals surface area contributed by atoms with Gasteiger partial charge in [0.1, 0.15) is 5.82 Å². The van der Waals surface area contributed by atoms with Crippen LogP contribution in [0.15, 0.2) is 12.1 Å². The van der Waals surface area contributed by atoms with Crippen LogP contribution in [-0.4, -0.2) is 39.5 Å². The molecule has 0 unspecified atom stereocenters. The SMILES string of the molecule is CCC1(O)CN(C(=O)c2cc([N+](=O)[O-])c(F)cc2F)C1. The second kappa shape index (κ2) is 4.78. The molecule has 6 nitrogen and oxygen atoms in total. The second-order valence-electron chi connectivity index (χ2n) is 4.78. The molecule has 1 amide bonds. The van der Waals surface area contributed by atoms with E-state index in [-0.39, 0.29) is 13.1 Å². The summed E-state index contributed by atoms with van der Waals surface area (Å²) in [5.74, 6) is -3.30. The lowest BCUT2D eigenvalue weighted by Gasteiger charge is -2.46. The molecular weight excluding hydrogens is 274 g/mol. The Hall–Kier alpha value is -2.09. The van der Waals surface area contributed by atoms with Crippen LogP contribution in [0.3, 0.4) is 0 Å². The van der Waals surface area contributed by atoms with Gasteiger partial charge in [-0.15, -0.1) is 0 Å². The standard InChI is InChI=1S/C12H12F2N2O4/c1-2-12(18)5-15(6-12)11(17)7-3-10(16(19)20)9(14)4-8(7)13/h3-4,18H,2,5-6H2,1H3. The van der Waals surface area contributed by atoms with Crippen molar-refractivity contribution in [1.82, 2.24) is 4.90 Å². The summed E-state index contributed by atoms with van der Waals surface area (Å²) in [7, 11) is 0. The van der Waals surface area contributed by atoms with Gasteiger partial charge in [0.2, 0.25) is 5.82 Å². The highest BCUT2D eigenvalue weighted by Gasteiger charge is 2.43. The number of aliphatic hydroxyl groups is 1. The van der Waals surface area contributed by atoms with Gasteiger partial charge in [0.15, 0.2) is 0 Å². The number of carbonyl (C=O) groups is 1. The molecule has 1 aliphatic heterocycles. The van der Waals surface area contributed by atoms with Gasteiger partial charge < -0.3 is 10.0 Å². The second-order valence-corrected chi connectivity index (χ2v) is 4.78. The predicted molar refractivity (Wildman–Crippen MR) is 64.2 cm³/mol. The number of nitro groups is 1. The molecule has 1 N–H and O–H groups in total. The Balaban J connectivity index is 2.27.